The molecule has 2 aromatic rings. The number of piperidine rings is 1. The van der Waals surface area contributed by atoms with Crippen molar-refractivity contribution in [3.05, 3.63) is 53.6 Å². The minimum absolute atomic E-state index is 0.227. The molecule has 1 amide bonds. The number of carbonyl (C=O) groups excluding carboxylic acids is 1. The first-order valence-electron chi connectivity index (χ1n) is 11.0. The minimum Gasteiger partial charge on any atom is -0.492 e. The fourth-order valence-corrected chi connectivity index (χ4v) is 5.01. The number of carbonyl (C=O) groups is 1. The molecule has 1 fully saturated rings. The van der Waals surface area contributed by atoms with Crippen LogP contribution in [0.1, 0.15) is 37.3 Å². The second-order valence-corrected chi connectivity index (χ2v) is 10.0. The molecule has 0 radical (unpaired) electrons. The summed E-state index contributed by atoms with van der Waals surface area (Å²) in [7, 11) is -3.45. The smallest absolute Gasteiger partial charge is 0.260 e. The molecule has 1 aliphatic heterocycles. The van der Waals surface area contributed by atoms with Gasteiger partial charge in [-0.1, -0.05) is 12.5 Å². The Balaban J connectivity index is 1.43. The van der Waals surface area contributed by atoms with Gasteiger partial charge >= 0.3 is 0 Å². The third-order valence-electron chi connectivity index (χ3n) is 5.61. The monoisotopic (exact) mass is 460 g/mol. The van der Waals surface area contributed by atoms with Gasteiger partial charge < -0.3 is 14.8 Å². The average Bonchev–Trinajstić information content (AvgIpc) is 2.80. The highest BCUT2D eigenvalue weighted by molar-refractivity contribution is 7.89. The maximum Gasteiger partial charge on any atom is 0.260 e. The molecule has 1 heterocycles. The van der Waals surface area contributed by atoms with Gasteiger partial charge in [0.1, 0.15) is 18.1 Å². The van der Waals surface area contributed by atoms with Crippen LogP contribution in [0.25, 0.3) is 0 Å². The van der Waals surface area contributed by atoms with Crippen molar-refractivity contribution in [3.8, 4) is 11.5 Å². The summed E-state index contributed by atoms with van der Waals surface area (Å²) in [6.07, 6.45) is 2.25. The number of amides is 1. The van der Waals surface area contributed by atoms with Crippen molar-refractivity contribution < 1.29 is 22.7 Å². The van der Waals surface area contributed by atoms with Gasteiger partial charge in [-0.05, 0) is 81.1 Å². The van der Waals surface area contributed by atoms with Gasteiger partial charge in [0.15, 0.2) is 6.10 Å². The fourth-order valence-electron chi connectivity index (χ4n) is 3.49. The molecule has 8 heteroatoms. The summed E-state index contributed by atoms with van der Waals surface area (Å²) < 4.78 is 38.3. The van der Waals surface area contributed by atoms with Gasteiger partial charge in [-0.15, -0.1) is 0 Å². The van der Waals surface area contributed by atoms with Gasteiger partial charge in [-0.3, -0.25) is 4.79 Å². The van der Waals surface area contributed by atoms with Crippen molar-refractivity contribution in [3.63, 3.8) is 0 Å². The van der Waals surface area contributed by atoms with E-state index in [4.69, 9.17) is 9.47 Å². The van der Waals surface area contributed by atoms with E-state index in [0.29, 0.717) is 31.1 Å². The Morgan fingerprint density at radius 1 is 1.00 bits per heavy atom. The summed E-state index contributed by atoms with van der Waals surface area (Å²) in [5.74, 6) is 0.984. The largest absolute Gasteiger partial charge is 0.492 e. The number of ether oxygens (including phenoxy) is 2. The van der Waals surface area contributed by atoms with Gasteiger partial charge in [-0.2, -0.15) is 4.31 Å². The van der Waals surface area contributed by atoms with E-state index in [1.165, 1.54) is 5.56 Å². The molecule has 0 unspecified atom stereocenters. The van der Waals surface area contributed by atoms with Crippen molar-refractivity contribution in [1.82, 2.24) is 9.62 Å². The summed E-state index contributed by atoms with van der Waals surface area (Å²) in [4.78, 5) is 12.5. The average molecular weight is 461 g/mol. The highest BCUT2D eigenvalue weighted by Gasteiger charge is 2.25. The number of benzene rings is 2. The van der Waals surface area contributed by atoms with Crippen molar-refractivity contribution >= 4 is 15.9 Å². The number of rotatable bonds is 9. The van der Waals surface area contributed by atoms with Crippen LogP contribution in [0.4, 0.5) is 0 Å². The Hall–Kier alpha value is -2.58. The lowest BCUT2D eigenvalue weighted by Gasteiger charge is -2.25. The zero-order chi connectivity index (χ0) is 23.1. The molecule has 1 aliphatic rings. The number of aryl methyl sites for hydroxylation is 2. The Morgan fingerprint density at radius 3 is 2.31 bits per heavy atom. The number of sulfonamides is 1. The Labute approximate surface area is 190 Å². The Bertz CT molecular complexity index is 1020. The van der Waals surface area contributed by atoms with E-state index in [1.54, 1.807) is 35.5 Å². The van der Waals surface area contributed by atoms with Crippen LogP contribution >= 0.6 is 0 Å². The van der Waals surface area contributed by atoms with Crippen molar-refractivity contribution in [2.24, 2.45) is 0 Å². The predicted octanol–water partition coefficient (Wildman–Crippen LogP) is 3.44. The minimum atomic E-state index is -3.45. The Kier molecular flexibility index (Phi) is 8.15. The lowest BCUT2D eigenvalue weighted by molar-refractivity contribution is -0.127. The van der Waals surface area contributed by atoms with Crippen molar-refractivity contribution in [2.75, 3.05) is 26.2 Å². The van der Waals surface area contributed by atoms with Gasteiger partial charge in [0.25, 0.3) is 5.91 Å². The highest BCUT2D eigenvalue weighted by Crippen LogP contribution is 2.22. The lowest BCUT2D eigenvalue weighted by atomic mass is 10.1. The molecule has 174 valence electrons. The standard InChI is InChI=1S/C24H32N2O5S/c1-18-7-8-22(17-19(18)2)31-20(3)24(27)25-13-16-30-21-9-11-23(12-10-21)32(28,29)26-14-5-4-6-15-26/h7-12,17,20H,4-6,13-16H2,1-3H3,(H,25,27)/t20-/m0/s1. The molecular weight excluding hydrogens is 428 g/mol. The van der Waals surface area contributed by atoms with E-state index in [-0.39, 0.29) is 17.4 Å². The molecule has 1 saturated heterocycles. The quantitative estimate of drug-likeness (QED) is 0.580. The third kappa shape index (κ3) is 6.23. The third-order valence-corrected chi connectivity index (χ3v) is 7.52. The number of hydrogen-bond acceptors (Lipinski definition) is 5. The number of hydrogen-bond donors (Lipinski definition) is 1. The van der Waals surface area contributed by atoms with Gasteiger partial charge in [0, 0.05) is 13.1 Å². The van der Waals surface area contributed by atoms with Gasteiger partial charge in [0.2, 0.25) is 10.0 Å². The first-order valence-corrected chi connectivity index (χ1v) is 12.5. The summed E-state index contributed by atoms with van der Waals surface area (Å²) >= 11 is 0. The van der Waals surface area contributed by atoms with Crippen LogP contribution in [-0.2, 0) is 14.8 Å². The molecule has 3 rings (SSSR count). The molecule has 0 aliphatic carbocycles. The molecule has 0 aromatic heterocycles. The first kappa shape index (κ1) is 24.1. The van der Waals surface area contributed by atoms with Crippen LogP contribution in [0.5, 0.6) is 11.5 Å². The highest BCUT2D eigenvalue weighted by atomic mass is 32.2. The van der Waals surface area contributed by atoms with E-state index in [9.17, 15) is 13.2 Å². The zero-order valence-corrected chi connectivity index (χ0v) is 19.8. The second-order valence-electron chi connectivity index (χ2n) is 8.08. The van der Waals surface area contributed by atoms with Crippen molar-refractivity contribution in [1.29, 1.82) is 0 Å². The van der Waals surface area contributed by atoms with Gasteiger partial charge in [-0.25, -0.2) is 8.42 Å². The molecule has 1 N–H and O–H groups in total. The molecule has 1 atom stereocenters. The van der Waals surface area contributed by atoms with E-state index in [1.807, 2.05) is 32.0 Å². The molecule has 0 bridgehead atoms. The lowest BCUT2D eigenvalue weighted by Crippen LogP contribution is -2.38. The topological polar surface area (TPSA) is 84.9 Å². The second kappa shape index (κ2) is 10.8. The zero-order valence-electron chi connectivity index (χ0n) is 19.0. The van der Waals surface area contributed by atoms with Crippen LogP contribution in [-0.4, -0.2) is 51.0 Å². The van der Waals surface area contributed by atoms with E-state index in [2.05, 4.69) is 5.32 Å². The van der Waals surface area contributed by atoms with E-state index < -0.39 is 16.1 Å². The van der Waals surface area contributed by atoms with Crippen molar-refractivity contribution in [2.45, 2.75) is 51.0 Å². The molecular formula is C24H32N2O5S. The summed E-state index contributed by atoms with van der Waals surface area (Å²) in [5.41, 5.74) is 2.28. The number of nitrogens with one attached hydrogen (secondary N) is 1. The molecule has 2 aromatic carbocycles. The SMILES string of the molecule is Cc1ccc(O[C@@H](C)C(=O)NCCOc2ccc(S(=O)(=O)N3CCCCC3)cc2)cc1C. The van der Waals surface area contributed by atoms with Crippen LogP contribution in [0.3, 0.4) is 0 Å². The van der Waals surface area contributed by atoms with E-state index in [0.717, 1.165) is 24.8 Å². The molecule has 0 saturated carbocycles. The first-order chi connectivity index (χ1) is 15.3. The molecule has 32 heavy (non-hydrogen) atoms. The normalized spacial score (nSPS) is 15.7. The predicted molar refractivity (Wildman–Crippen MR) is 124 cm³/mol. The van der Waals surface area contributed by atoms with Gasteiger partial charge in [0.05, 0.1) is 11.4 Å². The molecule has 7 nitrogen and oxygen atoms in total. The maximum atomic E-state index is 12.7. The maximum absolute atomic E-state index is 12.7. The Morgan fingerprint density at radius 2 is 1.66 bits per heavy atom. The summed E-state index contributed by atoms with van der Waals surface area (Å²) in [6.45, 7) is 7.45. The van der Waals surface area contributed by atoms with Crippen LogP contribution in [0, 0.1) is 13.8 Å². The summed E-state index contributed by atoms with van der Waals surface area (Å²) in [6, 6.07) is 12.1. The van der Waals surface area contributed by atoms with E-state index >= 15 is 0 Å². The van der Waals surface area contributed by atoms with Crippen LogP contribution in [0.15, 0.2) is 47.4 Å². The molecule has 0 spiro atoms. The summed E-state index contributed by atoms with van der Waals surface area (Å²) in [5, 5.41) is 2.79. The van der Waals surface area contributed by atoms with Crippen LogP contribution in [0.2, 0.25) is 0 Å². The fraction of sp³-hybridized carbons (Fsp3) is 0.458. The number of nitrogens with zero attached hydrogens (tertiary/aromatic N) is 1. The van der Waals surface area contributed by atoms with Crippen LogP contribution < -0.4 is 14.8 Å².